The third-order valence-corrected chi connectivity index (χ3v) is 6.18. The molecule has 1 saturated carbocycles. The quantitative estimate of drug-likeness (QED) is 0.867. The minimum atomic E-state index is 0.298. The molecule has 25 heavy (non-hydrogen) atoms. The van der Waals surface area contributed by atoms with Crippen molar-refractivity contribution in [1.29, 1.82) is 0 Å². The second kappa shape index (κ2) is 7.62. The molecule has 2 heterocycles. The molecule has 4 rings (SSSR count). The summed E-state index contributed by atoms with van der Waals surface area (Å²) in [6, 6.07) is 8.36. The van der Waals surface area contributed by atoms with E-state index in [4.69, 9.17) is 11.6 Å². The Kier molecular flexibility index (Phi) is 5.27. The van der Waals surface area contributed by atoms with Crippen molar-refractivity contribution in [1.82, 2.24) is 20.7 Å². The van der Waals surface area contributed by atoms with Gasteiger partial charge in [-0.15, -0.1) is 0 Å². The van der Waals surface area contributed by atoms with Gasteiger partial charge >= 0.3 is 0 Å². The van der Waals surface area contributed by atoms with E-state index in [1.54, 1.807) is 0 Å². The molecule has 1 aromatic rings. The Morgan fingerprint density at radius 2 is 1.68 bits per heavy atom. The fraction of sp³-hybridized carbons (Fsp3) is 0.632. The van der Waals surface area contributed by atoms with Gasteiger partial charge in [0.1, 0.15) is 0 Å². The van der Waals surface area contributed by atoms with Crippen LogP contribution in [0.5, 0.6) is 0 Å². The summed E-state index contributed by atoms with van der Waals surface area (Å²) < 4.78 is 0. The maximum atomic E-state index is 12.6. The molecule has 0 spiro atoms. The molecule has 2 N–H and O–H groups in total. The van der Waals surface area contributed by atoms with Crippen molar-refractivity contribution in [2.75, 3.05) is 26.2 Å². The molecule has 1 aliphatic carbocycles. The molecule has 1 amide bonds. The summed E-state index contributed by atoms with van der Waals surface area (Å²) in [4.78, 5) is 17.1. The lowest BCUT2D eigenvalue weighted by atomic mass is 10.0. The van der Waals surface area contributed by atoms with E-state index >= 15 is 0 Å². The predicted octanol–water partition coefficient (Wildman–Crippen LogP) is 2.54. The normalized spacial score (nSPS) is 28.6. The lowest BCUT2D eigenvalue weighted by Crippen LogP contribution is -2.55. The first-order valence-electron chi connectivity index (χ1n) is 9.50. The Labute approximate surface area is 154 Å². The second-order valence-electron chi connectivity index (χ2n) is 7.49. The number of halogens is 1. The highest BCUT2D eigenvalue weighted by Gasteiger charge is 2.34. The van der Waals surface area contributed by atoms with Crippen molar-refractivity contribution in [3.8, 4) is 0 Å². The largest absolute Gasteiger partial charge is 0.340 e. The highest BCUT2D eigenvalue weighted by molar-refractivity contribution is 6.30. The molecule has 5 nitrogen and oxygen atoms in total. The predicted molar refractivity (Wildman–Crippen MR) is 99.0 cm³/mol. The van der Waals surface area contributed by atoms with E-state index in [9.17, 15) is 4.79 Å². The monoisotopic (exact) mass is 362 g/mol. The zero-order chi connectivity index (χ0) is 17.2. The average molecular weight is 363 g/mol. The lowest BCUT2D eigenvalue weighted by Gasteiger charge is -2.38. The van der Waals surface area contributed by atoms with Gasteiger partial charge in [-0.3, -0.25) is 9.69 Å². The number of piperazine rings is 1. The van der Waals surface area contributed by atoms with Crippen LogP contribution in [-0.2, 0) is 4.79 Å². The molecule has 2 saturated heterocycles. The van der Waals surface area contributed by atoms with Crippen molar-refractivity contribution in [2.45, 2.75) is 44.3 Å². The number of benzene rings is 1. The fourth-order valence-corrected chi connectivity index (χ4v) is 4.50. The SMILES string of the molecule is O=C(C1CCCC1)N1CCN(C2CC(c3ccc(Cl)cc3)NN2)CC1. The van der Waals surface area contributed by atoms with Crippen molar-refractivity contribution in [3.63, 3.8) is 0 Å². The van der Waals surface area contributed by atoms with Gasteiger partial charge in [-0.1, -0.05) is 36.6 Å². The number of hydrogen-bond acceptors (Lipinski definition) is 4. The summed E-state index contributed by atoms with van der Waals surface area (Å²) in [7, 11) is 0. The van der Waals surface area contributed by atoms with Crippen LogP contribution in [0, 0.1) is 5.92 Å². The van der Waals surface area contributed by atoms with Crippen LogP contribution in [0.4, 0.5) is 0 Å². The molecule has 2 atom stereocenters. The van der Waals surface area contributed by atoms with E-state index in [-0.39, 0.29) is 0 Å². The first-order chi connectivity index (χ1) is 12.2. The smallest absolute Gasteiger partial charge is 0.225 e. The number of rotatable bonds is 3. The van der Waals surface area contributed by atoms with Gasteiger partial charge in [0.25, 0.3) is 0 Å². The van der Waals surface area contributed by atoms with E-state index in [1.807, 2.05) is 12.1 Å². The molecule has 3 aliphatic rings. The van der Waals surface area contributed by atoms with Gasteiger partial charge < -0.3 is 4.90 Å². The Hall–Kier alpha value is -1.14. The molecular weight excluding hydrogens is 336 g/mol. The molecule has 0 bridgehead atoms. The summed E-state index contributed by atoms with van der Waals surface area (Å²) in [5.41, 5.74) is 8.09. The van der Waals surface area contributed by atoms with Crippen LogP contribution in [0.15, 0.2) is 24.3 Å². The maximum Gasteiger partial charge on any atom is 0.225 e. The second-order valence-corrected chi connectivity index (χ2v) is 7.92. The molecule has 136 valence electrons. The highest BCUT2D eigenvalue weighted by Crippen LogP contribution is 2.28. The van der Waals surface area contributed by atoms with Gasteiger partial charge in [-0.2, -0.15) is 0 Å². The topological polar surface area (TPSA) is 47.6 Å². The Bertz CT molecular complexity index is 594. The summed E-state index contributed by atoms with van der Waals surface area (Å²) in [5, 5.41) is 0.773. The van der Waals surface area contributed by atoms with Crippen molar-refractivity contribution in [2.24, 2.45) is 5.92 Å². The molecule has 2 aliphatic heterocycles. The zero-order valence-electron chi connectivity index (χ0n) is 14.6. The van der Waals surface area contributed by atoms with Crippen LogP contribution in [0.25, 0.3) is 0 Å². The molecule has 1 aromatic carbocycles. The number of nitrogens with zero attached hydrogens (tertiary/aromatic N) is 2. The minimum Gasteiger partial charge on any atom is -0.340 e. The Morgan fingerprint density at radius 3 is 2.36 bits per heavy atom. The molecule has 0 radical (unpaired) electrons. The van der Waals surface area contributed by atoms with Crippen LogP contribution in [-0.4, -0.2) is 48.1 Å². The standard InChI is InChI=1S/C19H27ClN4O/c20-16-7-5-14(6-8-16)17-13-18(22-21-17)23-9-11-24(12-10-23)19(25)15-3-1-2-4-15/h5-8,15,17-18,21-22H,1-4,9-13H2. The maximum absolute atomic E-state index is 12.6. The third-order valence-electron chi connectivity index (χ3n) is 5.93. The Balaban J connectivity index is 1.28. The first kappa shape index (κ1) is 17.3. The van der Waals surface area contributed by atoms with E-state index in [2.05, 4.69) is 32.8 Å². The summed E-state index contributed by atoms with van der Waals surface area (Å²) in [6.45, 7) is 3.62. The van der Waals surface area contributed by atoms with Gasteiger partial charge in [0.2, 0.25) is 5.91 Å². The van der Waals surface area contributed by atoms with E-state index in [0.717, 1.165) is 50.5 Å². The van der Waals surface area contributed by atoms with Crippen molar-refractivity contribution in [3.05, 3.63) is 34.9 Å². The number of amides is 1. The Morgan fingerprint density at radius 1 is 1.00 bits per heavy atom. The molecule has 6 heteroatoms. The van der Waals surface area contributed by atoms with Crippen molar-refractivity contribution >= 4 is 17.5 Å². The van der Waals surface area contributed by atoms with Gasteiger partial charge in [0.05, 0.1) is 6.17 Å². The number of carbonyl (C=O) groups is 1. The molecule has 3 fully saturated rings. The van der Waals surface area contributed by atoms with Crippen LogP contribution in [0.2, 0.25) is 5.02 Å². The van der Waals surface area contributed by atoms with Crippen LogP contribution >= 0.6 is 11.6 Å². The molecule has 2 unspecified atom stereocenters. The van der Waals surface area contributed by atoms with Crippen LogP contribution in [0.1, 0.15) is 43.7 Å². The minimum absolute atomic E-state index is 0.298. The summed E-state index contributed by atoms with van der Waals surface area (Å²) in [6.07, 6.45) is 5.98. The number of hydrazine groups is 1. The zero-order valence-corrected chi connectivity index (χ0v) is 15.3. The number of hydrogen-bond donors (Lipinski definition) is 2. The number of carbonyl (C=O) groups excluding carboxylic acids is 1. The lowest BCUT2D eigenvalue weighted by molar-refractivity contribution is -0.137. The van der Waals surface area contributed by atoms with Gasteiger partial charge in [0.15, 0.2) is 0 Å². The molecule has 0 aromatic heterocycles. The van der Waals surface area contributed by atoms with E-state index < -0.39 is 0 Å². The fourth-order valence-electron chi connectivity index (χ4n) is 4.38. The number of nitrogens with one attached hydrogen (secondary N) is 2. The van der Waals surface area contributed by atoms with Crippen molar-refractivity contribution < 1.29 is 4.79 Å². The van der Waals surface area contributed by atoms with E-state index in [1.165, 1.54) is 18.4 Å². The summed E-state index contributed by atoms with van der Waals surface area (Å²) >= 11 is 5.98. The first-order valence-corrected chi connectivity index (χ1v) is 9.88. The van der Waals surface area contributed by atoms with Crippen LogP contribution < -0.4 is 10.9 Å². The third kappa shape index (κ3) is 3.85. The van der Waals surface area contributed by atoms with Gasteiger partial charge in [-0.25, -0.2) is 10.9 Å². The van der Waals surface area contributed by atoms with E-state index in [0.29, 0.717) is 24.0 Å². The summed E-state index contributed by atoms with van der Waals surface area (Å²) in [5.74, 6) is 0.695. The van der Waals surface area contributed by atoms with Gasteiger partial charge in [-0.05, 0) is 37.0 Å². The highest BCUT2D eigenvalue weighted by atomic mass is 35.5. The average Bonchev–Trinajstić information content (AvgIpc) is 3.34. The molecular formula is C19H27ClN4O. The van der Waals surface area contributed by atoms with Crippen LogP contribution in [0.3, 0.4) is 0 Å². The van der Waals surface area contributed by atoms with Gasteiger partial charge in [0, 0.05) is 43.2 Å².